The molecular formula is C26H26N2O3. The second kappa shape index (κ2) is 9.85. The average Bonchev–Trinajstić information content (AvgIpc) is 3.21. The Bertz CT molecular complexity index is 1130. The molecule has 1 aromatic heterocycles. The molecule has 0 aliphatic rings. The summed E-state index contributed by atoms with van der Waals surface area (Å²) >= 11 is 0. The summed E-state index contributed by atoms with van der Waals surface area (Å²) in [5, 5.41) is 4.15. The summed E-state index contributed by atoms with van der Waals surface area (Å²) in [6.07, 6.45) is 3.12. The molecule has 0 atom stereocenters. The lowest BCUT2D eigenvalue weighted by atomic mass is 10.1. The van der Waals surface area contributed by atoms with Crippen molar-refractivity contribution in [2.45, 2.75) is 19.4 Å². The molecule has 0 unspecified atom stereocenters. The van der Waals surface area contributed by atoms with Crippen LogP contribution in [-0.2, 0) is 24.2 Å². The molecule has 31 heavy (non-hydrogen) atoms. The van der Waals surface area contributed by atoms with Gasteiger partial charge in [0.1, 0.15) is 18.1 Å². The summed E-state index contributed by atoms with van der Waals surface area (Å²) in [6.45, 7) is 1.13. The van der Waals surface area contributed by atoms with E-state index < -0.39 is 0 Å². The molecule has 5 heteroatoms. The van der Waals surface area contributed by atoms with Gasteiger partial charge < -0.3 is 19.8 Å². The van der Waals surface area contributed by atoms with Gasteiger partial charge in [-0.3, -0.25) is 4.79 Å². The van der Waals surface area contributed by atoms with Crippen LogP contribution in [0.25, 0.3) is 10.9 Å². The molecule has 0 spiro atoms. The van der Waals surface area contributed by atoms with Gasteiger partial charge in [-0.25, -0.2) is 0 Å². The van der Waals surface area contributed by atoms with Crippen LogP contribution in [0.15, 0.2) is 79.0 Å². The van der Waals surface area contributed by atoms with Gasteiger partial charge in [-0.1, -0.05) is 42.5 Å². The molecule has 0 saturated heterocycles. The largest absolute Gasteiger partial charge is 0.497 e. The van der Waals surface area contributed by atoms with Crippen molar-refractivity contribution < 1.29 is 14.3 Å². The van der Waals surface area contributed by atoms with E-state index in [0.717, 1.165) is 39.9 Å². The molecule has 5 nitrogen and oxygen atoms in total. The summed E-state index contributed by atoms with van der Waals surface area (Å²) < 4.78 is 11.1. The van der Waals surface area contributed by atoms with Crippen LogP contribution in [0.2, 0.25) is 0 Å². The number of ether oxygens (including phenoxy) is 2. The summed E-state index contributed by atoms with van der Waals surface area (Å²) in [5.41, 5.74) is 4.31. The lowest BCUT2D eigenvalue weighted by Gasteiger charge is -2.07. The fraction of sp³-hybridized carbons (Fsp3) is 0.192. The minimum Gasteiger partial charge on any atom is -0.497 e. The zero-order valence-corrected chi connectivity index (χ0v) is 17.6. The van der Waals surface area contributed by atoms with E-state index in [1.807, 2.05) is 72.9 Å². The molecule has 1 amide bonds. The number of rotatable bonds is 9. The number of methoxy groups -OCH3 is 1. The maximum absolute atomic E-state index is 12.2. The molecule has 2 N–H and O–H groups in total. The highest BCUT2D eigenvalue weighted by Crippen LogP contribution is 2.24. The molecule has 3 aromatic carbocycles. The minimum absolute atomic E-state index is 0.0154. The van der Waals surface area contributed by atoms with Gasteiger partial charge in [0.05, 0.1) is 13.5 Å². The van der Waals surface area contributed by atoms with Crippen LogP contribution in [0.4, 0.5) is 0 Å². The van der Waals surface area contributed by atoms with Gasteiger partial charge in [0.2, 0.25) is 5.91 Å². The molecular weight excluding hydrogens is 388 g/mol. The maximum atomic E-state index is 12.2. The van der Waals surface area contributed by atoms with Crippen molar-refractivity contribution >= 4 is 16.8 Å². The predicted molar refractivity (Wildman–Crippen MR) is 122 cm³/mol. The zero-order valence-electron chi connectivity index (χ0n) is 17.6. The Kier molecular flexibility index (Phi) is 6.53. The van der Waals surface area contributed by atoms with Crippen molar-refractivity contribution in [3.05, 3.63) is 95.7 Å². The van der Waals surface area contributed by atoms with Gasteiger partial charge in [-0.15, -0.1) is 0 Å². The first-order valence-electron chi connectivity index (χ1n) is 10.4. The number of carbonyl (C=O) groups excluding carboxylic acids is 1. The van der Waals surface area contributed by atoms with E-state index in [4.69, 9.17) is 9.47 Å². The van der Waals surface area contributed by atoms with Gasteiger partial charge in [-0.05, 0) is 47.4 Å². The Morgan fingerprint density at radius 1 is 0.935 bits per heavy atom. The third-order valence-corrected chi connectivity index (χ3v) is 5.23. The monoisotopic (exact) mass is 414 g/mol. The van der Waals surface area contributed by atoms with Gasteiger partial charge in [0.25, 0.3) is 0 Å². The van der Waals surface area contributed by atoms with E-state index in [1.165, 1.54) is 5.56 Å². The third kappa shape index (κ3) is 5.45. The van der Waals surface area contributed by atoms with Gasteiger partial charge >= 0.3 is 0 Å². The van der Waals surface area contributed by atoms with E-state index in [0.29, 0.717) is 19.6 Å². The van der Waals surface area contributed by atoms with Crippen molar-refractivity contribution in [2.75, 3.05) is 13.7 Å². The van der Waals surface area contributed by atoms with Crippen LogP contribution in [-0.4, -0.2) is 24.5 Å². The molecule has 0 radical (unpaired) electrons. The summed E-state index contributed by atoms with van der Waals surface area (Å²) in [5.74, 6) is 1.64. The Balaban J connectivity index is 1.28. The Morgan fingerprint density at radius 3 is 2.48 bits per heavy atom. The minimum atomic E-state index is 0.0154. The number of aromatic nitrogens is 1. The van der Waals surface area contributed by atoms with Gasteiger partial charge in [0, 0.05) is 29.7 Å². The number of H-pyrrole nitrogens is 1. The van der Waals surface area contributed by atoms with Crippen molar-refractivity contribution in [3.8, 4) is 11.5 Å². The first kappa shape index (κ1) is 20.5. The number of nitrogens with one attached hydrogen (secondary N) is 2. The number of amides is 1. The van der Waals surface area contributed by atoms with E-state index in [9.17, 15) is 4.79 Å². The molecule has 0 aliphatic carbocycles. The molecule has 0 bridgehead atoms. The number of hydrogen-bond acceptors (Lipinski definition) is 3. The van der Waals surface area contributed by atoms with Gasteiger partial charge in [0.15, 0.2) is 0 Å². The molecule has 1 heterocycles. The van der Waals surface area contributed by atoms with Crippen LogP contribution in [0.5, 0.6) is 11.5 Å². The van der Waals surface area contributed by atoms with Crippen LogP contribution < -0.4 is 14.8 Å². The van der Waals surface area contributed by atoms with Crippen molar-refractivity contribution in [1.29, 1.82) is 0 Å². The SMILES string of the molecule is COc1ccc(CC(=O)NCCc2c[nH]c3cc(OCc4ccccc4)ccc23)cc1. The van der Waals surface area contributed by atoms with Crippen LogP contribution >= 0.6 is 0 Å². The first-order chi connectivity index (χ1) is 15.2. The quantitative estimate of drug-likeness (QED) is 0.419. The summed E-state index contributed by atoms with van der Waals surface area (Å²) in [6, 6.07) is 23.8. The highest BCUT2D eigenvalue weighted by molar-refractivity contribution is 5.84. The zero-order chi connectivity index (χ0) is 21.5. The number of carbonyl (C=O) groups is 1. The Hall–Kier alpha value is -3.73. The highest BCUT2D eigenvalue weighted by atomic mass is 16.5. The molecule has 0 aliphatic heterocycles. The fourth-order valence-electron chi connectivity index (χ4n) is 3.53. The van der Waals surface area contributed by atoms with Crippen molar-refractivity contribution in [2.24, 2.45) is 0 Å². The second-order valence-electron chi connectivity index (χ2n) is 7.42. The topological polar surface area (TPSA) is 63.3 Å². The Labute approximate surface area is 182 Å². The molecule has 0 saturated carbocycles. The molecule has 4 aromatic rings. The van der Waals surface area contributed by atoms with Crippen LogP contribution in [0, 0.1) is 0 Å². The predicted octanol–water partition coefficient (Wildman–Crippen LogP) is 4.66. The van der Waals surface area contributed by atoms with Crippen molar-refractivity contribution in [3.63, 3.8) is 0 Å². The first-order valence-corrected chi connectivity index (χ1v) is 10.4. The maximum Gasteiger partial charge on any atom is 0.224 e. The summed E-state index contributed by atoms with van der Waals surface area (Å²) in [7, 11) is 1.63. The lowest BCUT2D eigenvalue weighted by Crippen LogP contribution is -2.27. The number of aromatic amines is 1. The summed E-state index contributed by atoms with van der Waals surface area (Å²) in [4.78, 5) is 15.5. The van der Waals surface area contributed by atoms with Crippen LogP contribution in [0.3, 0.4) is 0 Å². The molecule has 158 valence electrons. The molecule has 0 fully saturated rings. The third-order valence-electron chi connectivity index (χ3n) is 5.23. The highest BCUT2D eigenvalue weighted by Gasteiger charge is 2.08. The van der Waals surface area contributed by atoms with E-state index in [1.54, 1.807) is 7.11 Å². The fourth-order valence-corrected chi connectivity index (χ4v) is 3.53. The number of hydrogen-bond donors (Lipinski definition) is 2. The number of benzene rings is 3. The van der Waals surface area contributed by atoms with E-state index in [2.05, 4.69) is 16.4 Å². The standard InChI is InChI=1S/C26H26N2O3/c1-30-22-9-7-19(8-10-22)15-26(29)27-14-13-21-17-28-25-16-23(11-12-24(21)25)31-18-20-5-3-2-4-6-20/h2-12,16-17,28H,13-15,18H2,1H3,(H,27,29). The van der Waals surface area contributed by atoms with Gasteiger partial charge in [-0.2, -0.15) is 0 Å². The van der Waals surface area contributed by atoms with E-state index in [-0.39, 0.29) is 5.91 Å². The Morgan fingerprint density at radius 2 is 1.71 bits per heavy atom. The average molecular weight is 415 g/mol. The normalized spacial score (nSPS) is 10.7. The van der Waals surface area contributed by atoms with E-state index >= 15 is 0 Å². The van der Waals surface area contributed by atoms with Crippen LogP contribution in [0.1, 0.15) is 16.7 Å². The number of fused-ring (bicyclic) bond motifs is 1. The van der Waals surface area contributed by atoms with Crippen molar-refractivity contribution in [1.82, 2.24) is 10.3 Å². The smallest absolute Gasteiger partial charge is 0.224 e. The second-order valence-corrected chi connectivity index (χ2v) is 7.42. The molecule has 4 rings (SSSR count). The lowest BCUT2D eigenvalue weighted by molar-refractivity contribution is -0.120.